The third kappa shape index (κ3) is 3.55. The molecule has 0 aromatic carbocycles. The molecule has 0 unspecified atom stereocenters. The monoisotopic (exact) mass is 231 g/mol. The zero-order valence-corrected chi connectivity index (χ0v) is 9.47. The second-order valence-electron chi connectivity index (χ2n) is 3.58. The molecule has 1 saturated heterocycles. The van der Waals surface area contributed by atoms with Gasteiger partial charge in [-0.3, -0.25) is 4.79 Å². The number of hydrogen-bond donors (Lipinski definition) is 1. The van der Waals surface area contributed by atoms with Gasteiger partial charge in [0.2, 0.25) is 0 Å². The van der Waals surface area contributed by atoms with E-state index in [2.05, 4.69) is 0 Å². The molecule has 1 heterocycles. The molecule has 1 fully saturated rings. The topological polar surface area (TPSA) is 87.9 Å². The summed E-state index contributed by atoms with van der Waals surface area (Å²) in [6.45, 7) is 3.44. The van der Waals surface area contributed by atoms with Gasteiger partial charge in [0.05, 0.1) is 12.6 Å². The normalized spacial score (nSPS) is 25.7. The molecule has 6 heteroatoms. The van der Waals surface area contributed by atoms with Gasteiger partial charge in [0.15, 0.2) is 6.29 Å². The molecule has 16 heavy (non-hydrogen) atoms. The van der Waals surface area contributed by atoms with Crippen molar-refractivity contribution in [2.75, 3.05) is 6.61 Å². The zero-order chi connectivity index (χ0) is 12.1. The van der Waals surface area contributed by atoms with Crippen molar-refractivity contribution in [2.45, 2.75) is 45.3 Å². The minimum absolute atomic E-state index is 0.0683. The highest BCUT2D eigenvalue weighted by Crippen LogP contribution is 2.22. The Kier molecular flexibility index (Phi) is 4.85. The Hall–Kier alpha value is -0.980. The van der Waals surface area contributed by atoms with Gasteiger partial charge in [0, 0.05) is 6.42 Å². The van der Waals surface area contributed by atoms with Crippen molar-refractivity contribution in [3.63, 3.8) is 0 Å². The van der Waals surface area contributed by atoms with Gasteiger partial charge in [-0.25, -0.2) is 4.79 Å². The number of ketones is 1. The molecule has 0 radical (unpaired) electrons. The van der Waals surface area contributed by atoms with Crippen LogP contribution in [0.15, 0.2) is 0 Å². The maximum Gasteiger partial charge on any atom is 0.363 e. The number of hydrogen-bond acceptors (Lipinski definition) is 6. The van der Waals surface area contributed by atoms with E-state index in [1.807, 2.05) is 0 Å². The van der Waals surface area contributed by atoms with Crippen LogP contribution in [0.2, 0.25) is 0 Å². The van der Waals surface area contributed by atoms with Crippen molar-refractivity contribution in [1.29, 1.82) is 0 Å². The smallest absolute Gasteiger partial charge is 0.363 e. The average molecular weight is 231 g/mol. The Balaban J connectivity index is 2.12. The summed E-state index contributed by atoms with van der Waals surface area (Å²) in [7, 11) is 0. The van der Waals surface area contributed by atoms with E-state index in [4.69, 9.17) is 19.9 Å². The number of rotatable bonds is 6. The van der Waals surface area contributed by atoms with Gasteiger partial charge < -0.3 is 19.9 Å². The van der Waals surface area contributed by atoms with Crippen LogP contribution in [0.4, 0.5) is 0 Å². The molecule has 0 spiro atoms. The van der Waals surface area contributed by atoms with Crippen molar-refractivity contribution in [3.8, 4) is 0 Å². The molecule has 1 aliphatic heterocycles. The van der Waals surface area contributed by atoms with Gasteiger partial charge in [-0.15, -0.1) is 0 Å². The highest BCUT2D eigenvalue weighted by Gasteiger charge is 2.37. The third-order valence-electron chi connectivity index (χ3n) is 2.27. The molecule has 2 N–H and O–H groups in total. The highest BCUT2D eigenvalue weighted by atomic mass is 16.9. The lowest BCUT2D eigenvalue weighted by molar-refractivity contribution is -0.373. The van der Waals surface area contributed by atoms with Crippen LogP contribution in [-0.2, 0) is 23.8 Å². The van der Waals surface area contributed by atoms with Crippen molar-refractivity contribution in [2.24, 2.45) is 5.73 Å². The summed E-state index contributed by atoms with van der Waals surface area (Å²) < 4.78 is 14.9. The number of esters is 1. The maximum atomic E-state index is 11.1. The first-order chi connectivity index (χ1) is 7.54. The first-order valence-electron chi connectivity index (χ1n) is 5.28. The molecule has 1 rings (SSSR count). The predicted molar refractivity (Wildman–Crippen MR) is 54.3 cm³/mol. The summed E-state index contributed by atoms with van der Waals surface area (Å²) in [4.78, 5) is 21.9. The summed E-state index contributed by atoms with van der Waals surface area (Å²) in [5, 5.41) is 0. The van der Waals surface area contributed by atoms with Crippen molar-refractivity contribution < 1.29 is 23.8 Å². The van der Waals surface area contributed by atoms with E-state index >= 15 is 0 Å². The minimum atomic E-state index is -0.918. The van der Waals surface area contributed by atoms with Crippen molar-refractivity contribution in [3.05, 3.63) is 0 Å². The van der Waals surface area contributed by atoms with E-state index in [1.165, 1.54) is 6.92 Å². The second kappa shape index (κ2) is 5.93. The molecule has 0 saturated carbocycles. The molecule has 0 bridgehead atoms. The minimum Gasteiger partial charge on any atom is -0.462 e. The van der Waals surface area contributed by atoms with Crippen LogP contribution in [0.3, 0.4) is 0 Å². The maximum absolute atomic E-state index is 11.1. The number of carbonyl (C=O) groups is 2. The van der Waals surface area contributed by atoms with E-state index < -0.39 is 24.6 Å². The van der Waals surface area contributed by atoms with Crippen LogP contribution in [-0.4, -0.2) is 37.0 Å². The molecular formula is C10H17NO5. The number of ether oxygens (including phenoxy) is 3. The van der Waals surface area contributed by atoms with Crippen molar-refractivity contribution >= 4 is 11.8 Å². The standard InChI is InChI=1S/C10H17NO5/c1-3-14-9(13)10-15-8(16-10)5-4-7(11)6(2)12/h7-8,10H,3-5,11H2,1-2H3/t7-,8?,10?/m0/s1. The first-order valence-corrected chi connectivity index (χ1v) is 5.28. The van der Waals surface area contributed by atoms with E-state index in [1.54, 1.807) is 6.92 Å². The Morgan fingerprint density at radius 3 is 2.56 bits per heavy atom. The zero-order valence-electron chi connectivity index (χ0n) is 9.47. The molecule has 6 nitrogen and oxygen atoms in total. The molecule has 1 aliphatic rings. The van der Waals surface area contributed by atoms with Gasteiger partial charge in [-0.1, -0.05) is 0 Å². The molecule has 0 aromatic heterocycles. The lowest BCUT2D eigenvalue weighted by atomic mass is 10.1. The van der Waals surface area contributed by atoms with Gasteiger partial charge in [0.1, 0.15) is 5.78 Å². The van der Waals surface area contributed by atoms with E-state index in [0.717, 1.165) is 0 Å². The SMILES string of the molecule is CCOC(=O)C1OC(CC[C@H](N)C(C)=O)O1. The summed E-state index contributed by atoms with van der Waals surface area (Å²) in [5.41, 5.74) is 5.53. The Bertz CT molecular complexity index is 262. The molecular weight excluding hydrogens is 214 g/mol. The van der Waals surface area contributed by atoms with Crippen LogP contribution >= 0.6 is 0 Å². The second-order valence-corrected chi connectivity index (χ2v) is 3.58. The largest absolute Gasteiger partial charge is 0.462 e. The van der Waals surface area contributed by atoms with Gasteiger partial charge in [-0.05, 0) is 20.3 Å². The Labute approximate surface area is 94.0 Å². The molecule has 92 valence electrons. The average Bonchev–Trinajstić information content (AvgIpc) is 2.15. The number of carbonyl (C=O) groups excluding carboxylic acids is 2. The Morgan fingerprint density at radius 2 is 2.06 bits per heavy atom. The van der Waals surface area contributed by atoms with E-state index in [-0.39, 0.29) is 5.78 Å². The van der Waals surface area contributed by atoms with Crippen LogP contribution in [0.5, 0.6) is 0 Å². The summed E-state index contributed by atoms with van der Waals surface area (Å²) in [6.07, 6.45) is -0.398. The van der Waals surface area contributed by atoms with Crippen molar-refractivity contribution in [1.82, 2.24) is 0 Å². The van der Waals surface area contributed by atoms with Crippen LogP contribution < -0.4 is 5.73 Å². The first kappa shape index (κ1) is 13.1. The van der Waals surface area contributed by atoms with Gasteiger partial charge in [-0.2, -0.15) is 0 Å². The van der Waals surface area contributed by atoms with Gasteiger partial charge >= 0.3 is 5.97 Å². The summed E-state index contributed by atoms with van der Waals surface area (Å²) in [5.74, 6) is -0.587. The molecule has 0 amide bonds. The number of Topliss-reactive ketones (excluding diaryl/α,β-unsaturated/α-hetero) is 1. The Morgan fingerprint density at radius 1 is 1.44 bits per heavy atom. The molecule has 0 aliphatic carbocycles. The summed E-state index contributed by atoms with van der Waals surface area (Å²) in [6, 6.07) is -0.492. The van der Waals surface area contributed by atoms with Gasteiger partial charge in [0.25, 0.3) is 6.29 Å². The molecule has 0 aromatic rings. The lowest BCUT2D eigenvalue weighted by Gasteiger charge is -2.34. The number of nitrogens with two attached hydrogens (primary N) is 1. The van der Waals surface area contributed by atoms with E-state index in [9.17, 15) is 9.59 Å². The fraction of sp³-hybridized carbons (Fsp3) is 0.800. The molecule has 1 atom stereocenters. The summed E-state index contributed by atoms with van der Waals surface area (Å²) >= 11 is 0. The van der Waals surface area contributed by atoms with Crippen LogP contribution in [0.1, 0.15) is 26.7 Å². The van der Waals surface area contributed by atoms with E-state index in [0.29, 0.717) is 19.4 Å². The highest BCUT2D eigenvalue weighted by molar-refractivity contribution is 5.81. The third-order valence-corrected chi connectivity index (χ3v) is 2.27. The lowest BCUT2D eigenvalue weighted by Crippen LogP contribution is -2.47. The quantitative estimate of drug-likeness (QED) is 0.644. The predicted octanol–water partition coefficient (Wildman–Crippen LogP) is -0.0550. The van der Waals surface area contributed by atoms with Crippen LogP contribution in [0.25, 0.3) is 0 Å². The van der Waals surface area contributed by atoms with Crippen LogP contribution in [0, 0.1) is 0 Å². The fourth-order valence-corrected chi connectivity index (χ4v) is 1.26. The fourth-order valence-electron chi connectivity index (χ4n) is 1.26.